The van der Waals surface area contributed by atoms with Gasteiger partial charge >= 0.3 is 5.69 Å². The van der Waals surface area contributed by atoms with Crippen LogP contribution in [0.4, 0.5) is 8.78 Å². The van der Waals surface area contributed by atoms with E-state index in [2.05, 4.69) is 0 Å². The fourth-order valence-corrected chi connectivity index (χ4v) is 0.873. The fourth-order valence-electron chi connectivity index (χ4n) is 0.873. The molecule has 1 aromatic rings. The van der Waals surface area contributed by atoms with Crippen molar-refractivity contribution in [3.63, 3.8) is 0 Å². The quantitative estimate of drug-likeness (QED) is 0.711. The van der Waals surface area contributed by atoms with E-state index >= 15 is 0 Å². The first-order valence-electron chi connectivity index (χ1n) is 3.56. The number of hydrogen-bond acceptors (Lipinski definition) is 3. The molecule has 1 N–H and O–H groups in total. The van der Waals surface area contributed by atoms with E-state index in [1.54, 1.807) is 4.98 Å². The van der Waals surface area contributed by atoms with Crippen LogP contribution in [0.3, 0.4) is 0 Å². The van der Waals surface area contributed by atoms with Gasteiger partial charge in [-0.15, -0.1) is 0 Å². The number of aromatic nitrogens is 2. The number of alkyl halides is 2. The molecule has 0 radical (unpaired) electrons. The smallest absolute Gasteiger partial charge is 0.294 e. The molecule has 0 atom stereocenters. The lowest BCUT2D eigenvalue weighted by atomic mass is 10.4. The third kappa shape index (κ3) is 2.04. The first-order valence-corrected chi connectivity index (χ1v) is 3.56. The third-order valence-electron chi connectivity index (χ3n) is 1.47. The summed E-state index contributed by atoms with van der Waals surface area (Å²) in [5, 5.41) is 8.40. The van der Waals surface area contributed by atoms with Crippen molar-refractivity contribution in [1.29, 1.82) is 5.26 Å². The van der Waals surface area contributed by atoms with Gasteiger partial charge in [0.25, 0.3) is 12.0 Å². The predicted octanol–water partition coefficient (Wildman–Crippen LogP) is -0.327. The molecule has 0 saturated heterocycles. The van der Waals surface area contributed by atoms with Gasteiger partial charge < -0.3 is 0 Å². The number of nitrogens with one attached hydrogen (secondary N) is 1. The molecule has 0 aliphatic carbocycles. The van der Waals surface area contributed by atoms with Crippen LogP contribution in [0.1, 0.15) is 5.56 Å². The van der Waals surface area contributed by atoms with Crippen LogP contribution in [0.25, 0.3) is 0 Å². The van der Waals surface area contributed by atoms with Gasteiger partial charge in [-0.05, 0) is 0 Å². The van der Waals surface area contributed by atoms with Crippen LogP contribution < -0.4 is 11.2 Å². The summed E-state index contributed by atoms with van der Waals surface area (Å²) in [6, 6.07) is 1.49. The average Bonchev–Trinajstić information content (AvgIpc) is 2.09. The first-order chi connectivity index (χ1) is 6.54. The number of hydrogen-bond donors (Lipinski definition) is 1. The first kappa shape index (κ1) is 10.1. The summed E-state index contributed by atoms with van der Waals surface area (Å²) in [6.07, 6.45) is -1.90. The molecule has 0 aliphatic heterocycles. The van der Waals surface area contributed by atoms with Crippen LogP contribution in [0, 0.1) is 11.3 Å². The molecule has 5 nitrogen and oxygen atoms in total. The Morgan fingerprint density at radius 3 is 2.71 bits per heavy atom. The Morgan fingerprint density at radius 2 is 2.21 bits per heavy atom. The summed E-state index contributed by atoms with van der Waals surface area (Å²) in [6.45, 7) is -0.843. The summed E-state index contributed by atoms with van der Waals surface area (Å²) in [5.41, 5.74) is -2.19. The lowest BCUT2D eigenvalue weighted by molar-refractivity contribution is 0.124. The minimum absolute atomic E-state index is 0.370. The van der Waals surface area contributed by atoms with Gasteiger partial charge in [0.1, 0.15) is 11.6 Å². The van der Waals surface area contributed by atoms with E-state index in [0.29, 0.717) is 4.57 Å². The van der Waals surface area contributed by atoms with Gasteiger partial charge in [-0.25, -0.2) is 13.6 Å². The van der Waals surface area contributed by atoms with Crippen molar-refractivity contribution in [2.24, 2.45) is 0 Å². The molecule has 1 heterocycles. The van der Waals surface area contributed by atoms with E-state index in [-0.39, 0.29) is 5.56 Å². The van der Waals surface area contributed by atoms with Crippen LogP contribution in [-0.4, -0.2) is 16.0 Å². The molecule has 0 amide bonds. The molecule has 1 aromatic heterocycles. The molecule has 0 unspecified atom stereocenters. The van der Waals surface area contributed by atoms with Gasteiger partial charge in [-0.3, -0.25) is 14.3 Å². The van der Waals surface area contributed by atoms with E-state index < -0.39 is 24.2 Å². The highest BCUT2D eigenvalue weighted by Crippen LogP contribution is 1.95. The van der Waals surface area contributed by atoms with Crippen LogP contribution in [0.5, 0.6) is 0 Å². The molecule has 14 heavy (non-hydrogen) atoms. The predicted molar refractivity (Wildman–Crippen MR) is 42.0 cm³/mol. The highest BCUT2D eigenvalue weighted by Gasteiger charge is 2.08. The van der Waals surface area contributed by atoms with E-state index in [1.807, 2.05) is 0 Å². The van der Waals surface area contributed by atoms with Gasteiger partial charge in [0.05, 0.1) is 6.54 Å². The van der Waals surface area contributed by atoms with E-state index in [9.17, 15) is 18.4 Å². The lowest BCUT2D eigenvalue weighted by Gasteiger charge is -2.02. The van der Waals surface area contributed by atoms with E-state index in [1.165, 1.54) is 6.07 Å². The normalized spacial score (nSPS) is 10.1. The van der Waals surface area contributed by atoms with E-state index in [0.717, 1.165) is 6.20 Å². The number of aromatic amines is 1. The zero-order valence-corrected chi connectivity index (χ0v) is 6.83. The maximum Gasteiger partial charge on any atom is 0.328 e. The molecule has 0 fully saturated rings. The summed E-state index contributed by atoms with van der Waals surface area (Å²) in [4.78, 5) is 23.5. The molecule has 0 saturated carbocycles. The van der Waals surface area contributed by atoms with Crippen LogP contribution >= 0.6 is 0 Å². The Hall–Kier alpha value is -1.97. The van der Waals surface area contributed by atoms with Gasteiger partial charge in [-0.2, -0.15) is 5.26 Å². The van der Waals surface area contributed by atoms with Crippen molar-refractivity contribution in [2.45, 2.75) is 13.0 Å². The summed E-state index contributed by atoms with van der Waals surface area (Å²) in [5.74, 6) is 0. The van der Waals surface area contributed by atoms with Crippen molar-refractivity contribution < 1.29 is 8.78 Å². The standard InChI is InChI=1S/C7H5F2N3O2/c8-5(9)3-12-2-4(1-10)6(13)11-7(12)14/h2,5H,3H2,(H,11,13,14). The largest absolute Gasteiger partial charge is 0.328 e. The van der Waals surface area contributed by atoms with Crippen molar-refractivity contribution in [3.8, 4) is 6.07 Å². The summed E-state index contributed by atoms with van der Waals surface area (Å²) < 4.78 is 24.4. The van der Waals surface area contributed by atoms with Crippen LogP contribution in [-0.2, 0) is 6.54 Å². The van der Waals surface area contributed by atoms with Crippen LogP contribution in [0.2, 0.25) is 0 Å². The molecule has 0 spiro atoms. The second kappa shape index (κ2) is 3.83. The molecule has 0 aromatic carbocycles. The highest BCUT2D eigenvalue weighted by atomic mass is 19.3. The number of halogens is 2. The maximum atomic E-state index is 11.9. The van der Waals surface area contributed by atoms with Gasteiger partial charge in [0.15, 0.2) is 0 Å². The van der Waals surface area contributed by atoms with Gasteiger partial charge in [-0.1, -0.05) is 0 Å². The Labute approximate surface area is 76.2 Å². The van der Waals surface area contributed by atoms with Crippen molar-refractivity contribution in [3.05, 3.63) is 32.6 Å². The molecule has 74 valence electrons. The second-order valence-electron chi connectivity index (χ2n) is 2.46. The van der Waals surface area contributed by atoms with Crippen molar-refractivity contribution >= 4 is 0 Å². The highest BCUT2D eigenvalue weighted by molar-refractivity contribution is 5.21. The minimum atomic E-state index is -2.72. The zero-order valence-electron chi connectivity index (χ0n) is 6.83. The van der Waals surface area contributed by atoms with Crippen molar-refractivity contribution in [1.82, 2.24) is 9.55 Å². The Morgan fingerprint density at radius 1 is 1.57 bits per heavy atom. The molecular formula is C7H5F2N3O2. The number of H-pyrrole nitrogens is 1. The number of nitriles is 1. The maximum absolute atomic E-state index is 11.9. The molecule has 0 bridgehead atoms. The summed E-state index contributed by atoms with van der Waals surface area (Å²) in [7, 11) is 0. The molecular weight excluding hydrogens is 196 g/mol. The topological polar surface area (TPSA) is 78.7 Å². The second-order valence-corrected chi connectivity index (χ2v) is 2.46. The fraction of sp³-hybridized carbons (Fsp3) is 0.286. The Kier molecular flexibility index (Phi) is 2.76. The molecule has 1 rings (SSSR count). The van der Waals surface area contributed by atoms with Gasteiger partial charge in [0, 0.05) is 6.20 Å². The van der Waals surface area contributed by atoms with Crippen molar-refractivity contribution in [2.75, 3.05) is 0 Å². The lowest BCUT2D eigenvalue weighted by Crippen LogP contribution is -2.32. The molecule has 0 aliphatic rings. The average molecular weight is 201 g/mol. The van der Waals surface area contributed by atoms with Crippen LogP contribution in [0.15, 0.2) is 15.8 Å². The third-order valence-corrected chi connectivity index (χ3v) is 1.47. The van der Waals surface area contributed by atoms with Gasteiger partial charge in [0.2, 0.25) is 0 Å². The SMILES string of the molecule is N#Cc1cn(CC(F)F)c(=O)[nH]c1=O. The Balaban J connectivity index is 3.27. The Bertz CT molecular complexity index is 483. The minimum Gasteiger partial charge on any atom is -0.294 e. The summed E-state index contributed by atoms with van der Waals surface area (Å²) >= 11 is 0. The zero-order chi connectivity index (χ0) is 10.7. The van der Waals surface area contributed by atoms with E-state index in [4.69, 9.17) is 5.26 Å². The molecule has 7 heteroatoms. The number of nitrogens with zero attached hydrogens (tertiary/aromatic N) is 2. The number of rotatable bonds is 2. The monoisotopic (exact) mass is 201 g/mol.